The van der Waals surface area contributed by atoms with Gasteiger partial charge in [-0.15, -0.1) is 0 Å². The van der Waals surface area contributed by atoms with Crippen molar-refractivity contribution in [2.45, 2.75) is 51.6 Å². The number of aliphatic hydroxyl groups excluding tert-OH is 1. The van der Waals surface area contributed by atoms with Crippen LogP contribution in [0.3, 0.4) is 0 Å². The highest BCUT2D eigenvalue weighted by molar-refractivity contribution is 6.05. The molecule has 0 heterocycles. The molecule has 0 unspecified atom stereocenters. The van der Waals surface area contributed by atoms with Crippen molar-refractivity contribution in [1.29, 1.82) is 0 Å². The van der Waals surface area contributed by atoms with Crippen LogP contribution < -0.4 is 0 Å². The maximum atomic E-state index is 13.7. The number of rotatable bonds is 2. The van der Waals surface area contributed by atoms with E-state index in [1.165, 1.54) is 6.92 Å². The van der Waals surface area contributed by atoms with Gasteiger partial charge in [0.05, 0.1) is 0 Å². The highest BCUT2D eigenvalue weighted by Crippen LogP contribution is 2.67. The van der Waals surface area contributed by atoms with Crippen LogP contribution >= 0.6 is 0 Å². The molecule has 23 heavy (non-hydrogen) atoms. The van der Waals surface area contributed by atoms with Gasteiger partial charge in [-0.25, -0.2) is 0 Å². The van der Waals surface area contributed by atoms with E-state index in [1.807, 2.05) is 0 Å². The number of halogens is 7. The molecular formula is C14H15F7O2. The summed E-state index contributed by atoms with van der Waals surface area (Å²) < 4.78 is 90.3. The van der Waals surface area contributed by atoms with Gasteiger partial charge in [-0.2, -0.15) is 30.7 Å². The number of carbonyl (C=O) groups is 1. The Kier molecular flexibility index (Phi) is 3.47. The highest BCUT2D eigenvalue weighted by Gasteiger charge is 2.76. The van der Waals surface area contributed by atoms with Crippen molar-refractivity contribution in [1.82, 2.24) is 0 Å². The van der Waals surface area contributed by atoms with Crippen molar-refractivity contribution in [2.75, 3.05) is 0 Å². The maximum Gasteiger partial charge on any atom is 0.460 e. The number of hydrogen-bond acceptors (Lipinski definition) is 2. The molecule has 0 aromatic heterocycles. The van der Waals surface area contributed by atoms with Gasteiger partial charge in [0.15, 0.2) is 11.5 Å². The molecule has 0 spiro atoms. The lowest BCUT2D eigenvalue weighted by Gasteiger charge is -2.31. The van der Waals surface area contributed by atoms with E-state index in [-0.39, 0.29) is 6.42 Å². The fourth-order valence-corrected chi connectivity index (χ4v) is 3.64. The number of carbonyl (C=O) groups excluding carboxylic acids is 1. The molecule has 0 saturated heterocycles. The molecule has 2 atom stereocenters. The van der Waals surface area contributed by atoms with Crippen molar-refractivity contribution in [3.8, 4) is 0 Å². The van der Waals surface area contributed by atoms with Crippen LogP contribution in [0.2, 0.25) is 0 Å². The van der Waals surface area contributed by atoms with E-state index in [0.29, 0.717) is 6.42 Å². The molecule has 2 aliphatic carbocycles. The van der Waals surface area contributed by atoms with Crippen LogP contribution in [0.4, 0.5) is 30.7 Å². The van der Waals surface area contributed by atoms with Crippen LogP contribution in [0, 0.1) is 16.7 Å². The molecule has 0 amide bonds. The molecule has 2 fully saturated rings. The van der Waals surface area contributed by atoms with E-state index in [4.69, 9.17) is 0 Å². The predicted molar refractivity (Wildman–Crippen MR) is 65.2 cm³/mol. The average Bonchev–Trinajstić information content (AvgIpc) is 2.68. The molecule has 1 N–H and O–H groups in total. The first kappa shape index (κ1) is 18.1. The Labute approximate surface area is 127 Å². The van der Waals surface area contributed by atoms with E-state index in [1.54, 1.807) is 13.8 Å². The maximum absolute atomic E-state index is 13.7. The summed E-state index contributed by atoms with van der Waals surface area (Å²) in [5.74, 6) is -16.8. The summed E-state index contributed by atoms with van der Waals surface area (Å²) in [4.78, 5) is 12.3. The van der Waals surface area contributed by atoms with E-state index in [2.05, 4.69) is 0 Å². The minimum absolute atomic E-state index is 0.155. The lowest BCUT2D eigenvalue weighted by atomic mass is 9.70. The first-order chi connectivity index (χ1) is 10.0. The van der Waals surface area contributed by atoms with Gasteiger partial charge in [0.1, 0.15) is 0 Å². The second kappa shape index (κ2) is 4.42. The molecule has 2 saturated carbocycles. The molecular weight excluding hydrogens is 333 g/mol. The van der Waals surface area contributed by atoms with Crippen LogP contribution in [-0.2, 0) is 4.79 Å². The van der Waals surface area contributed by atoms with Gasteiger partial charge in [0, 0.05) is 11.0 Å². The first-order valence-electron chi connectivity index (χ1n) is 6.84. The number of Topliss-reactive ketones (excluding diaryl/α,β-unsaturated/α-hetero) is 1. The Hall–Kier alpha value is -1.28. The minimum atomic E-state index is -6.56. The van der Waals surface area contributed by atoms with E-state index in [0.717, 1.165) is 0 Å². The normalized spacial score (nSPS) is 33.3. The standard InChI is InChI=1S/C14H15F7O2/c1-10(2)6-4-5-11(10,3)8(22)7(6)9(23)12(15,16)13(17,18)14(19,20)21/h6,23H,4-5H2,1-3H3/b9-7+/t6-,11-/m0/s1. The summed E-state index contributed by atoms with van der Waals surface area (Å²) in [5.41, 5.74) is -3.10. The van der Waals surface area contributed by atoms with Gasteiger partial charge in [0.25, 0.3) is 0 Å². The third-order valence-corrected chi connectivity index (χ3v) is 5.62. The Balaban J connectivity index is 2.62. The number of aliphatic hydroxyl groups is 1. The van der Waals surface area contributed by atoms with Crippen molar-refractivity contribution in [3.05, 3.63) is 11.3 Å². The van der Waals surface area contributed by atoms with Crippen LogP contribution in [0.1, 0.15) is 33.6 Å². The third kappa shape index (κ3) is 1.91. The fraction of sp³-hybridized carbons (Fsp3) is 0.786. The Morgan fingerprint density at radius 3 is 1.91 bits per heavy atom. The third-order valence-electron chi connectivity index (χ3n) is 5.62. The number of alkyl halides is 7. The molecule has 0 aromatic carbocycles. The largest absolute Gasteiger partial charge is 0.506 e. The molecule has 2 nitrogen and oxygen atoms in total. The van der Waals surface area contributed by atoms with Crippen molar-refractivity contribution in [2.24, 2.45) is 16.7 Å². The summed E-state index contributed by atoms with van der Waals surface area (Å²) in [7, 11) is 0. The van der Waals surface area contributed by atoms with Gasteiger partial charge in [-0.3, -0.25) is 4.79 Å². The molecule has 0 aliphatic heterocycles. The van der Waals surface area contributed by atoms with Crippen molar-refractivity contribution < 1.29 is 40.6 Å². The topological polar surface area (TPSA) is 37.3 Å². The van der Waals surface area contributed by atoms with Gasteiger partial charge in [-0.1, -0.05) is 20.8 Å². The predicted octanol–water partition coefficient (Wildman–Crippen LogP) is 4.66. The summed E-state index contributed by atoms with van der Waals surface area (Å²) in [6.45, 7) is 4.53. The Morgan fingerprint density at radius 2 is 1.57 bits per heavy atom. The molecule has 0 radical (unpaired) electrons. The number of ketones is 1. The zero-order valence-electron chi connectivity index (χ0n) is 12.5. The van der Waals surface area contributed by atoms with Crippen molar-refractivity contribution >= 4 is 5.78 Å². The number of hydrogen-bond donors (Lipinski definition) is 1. The first-order valence-corrected chi connectivity index (χ1v) is 6.84. The van der Waals surface area contributed by atoms with Gasteiger partial charge >= 0.3 is 18.0 Å². The van der Waals surface area contributed by atoms with E-state index in [9.17, 15) is 40.6 Å². The van der Waals surface area contributed by atoms with Gasteiger partial charge < -0.3 is 5.11 Å². The second-order valence-corrected chi connectivity index (χ2v) is 6.88. The second-order valence-electron chi connectivity index (χ2n) is 6.88. The van der Waals surface area contributed by atoms with E-state index >= 15 is 0 Å². The minimum Gasteiger partial charge on any atom is -0.506 e. The molecule has 2 aliphatic rings. The highest BCUT2D eigenvalue weighted by atomic mass is 19.4. The van der Waals surface area contributed by atoms with Gasteiger partial charge in [0.2, 0.25) is 0 Å². The monoisotopic (exact) mass is 348 g/mol. The summed E-state index contributed by atoms with van der Waals surface area (Å²) in [5, 5.41) is 9.54. The fourth-order valence-electron chi connectivity index (χ4n) is 3.64. The molecule has 132 valence electrons. The smallest absolute Gasteiger partial charge is 0.460 e. The molecule has 2 rings (SSSR count). The number of fused-ring (bicyclic) bond motifs is 2. The molecule has 2 bridgehead atoms. The molecule has 9 heteroatoms. The average molecular weight is 348 g/mol. The van der Waals surface area contributed by atoms with Crippen LogP contribution in [0.5, 0.6) is 0 Å². The van der Waals surface area contributed by atoms with Gasteiger partial charge in [-0.05, 0) is 24.2 Å². The zero-order chi connectivity index (χ0) is 18.2. The SMILES string of the molecule is CC1(C)[C@H]2CC[C@@]1(C)C(=O)/C2=C(/O)C(F)(F)C(F)(F)C(F)(F)F. The van der Waals surface area contributed by atoms with Crippen LogP contribution in [0.15, 0.2) is 11.3 Å². The quantitative estimate of drug-likeness (QED) is 0.448. The summed E-state index contributed by atoms with van der Waals surface area (Å²) in [6.07, 6.45) is -6.12. The van der Waals surface area contributed by atoms with E-state index < -0.39 is 51.9 Å². The lowest BCUT2D eigenvalue weighted by molar-refractivity contribution is -0.349. The summed E-state index contributed by atoms with van der Waals surface area (Å²) in [6, 6.07) is 0. The molecule has 0 aromatic rings. The summed E-state index contributed by atoms with van der Waals surface area (Å²) >= 11 is 0. The van der Waals surface area contributed by atoms with Crippen molar-refractivity contribution in [3.63, 3.8) is 0 Å². The van der Waals surface area contributed by atoms with Crippen LogP contribution in [-0.4, -0.2) is 28.9 Å². The Bertz CT molecular complexity index is 588. The Morgan fingerprint density at radius 1 is 1.09 bits per heavy atom. The number of allylic oxidation sites excluding steroid dienone is 2. The lowest BCUT2D eigenvalue weighted by Crippen LogP contribution is -2.53. The van der Waals surface area contributed by atoms with Crippen LogP contribution in [0.25, 0.3) is 0 Å². The zero-order valence-corrected chi connectivity index (χ0v) is 12.5.